The Morgan fingerprint density at radius 1 is 1.36 bits per heavy atom. The molecule has 0 spiro atoms. The molecule has 0 aliphatic carbocycles. The molecule has 0 fully saturated rings. The largest absolute Gasteiger partial charge is 0.492 e. The van der Waals surface area contributed by atoms with E-state index in [2.05, 4.69) is 15.5 Å². The molecule has 0 saturated heterocycles. The summed E-state index contributed by atoms with van der Waals surface area (Å²) in [7, 11) is 0. The van der Waals surface area contributed by atoms with Crippen molar-refractivity contribution in [3.8, 4) is 23.1 Å². The Hall–Kier alpha value is -3.77. The number of nitro benzene ring substituents is 1. The molecular formula is C19H15N5O3S. The number of hydrazone groups is 1. The number of nitro groups is 1. The molecule has 0 aliphatic rings. The summed E-state index contributed by atoms with van der Waals surface area (Å²) in [5, 5.41) is 26.7. The second kappa shape index (κ2) is 8.75. The van der Waals surface area contributed by atoms with E-state index in [4.69, 9.17) is 4.74 Å². The van der Waals surface area contributed by atoms with E-state index in [1.807, 2.05) is 25.1 Å². The average Bonchev–Trinajstić information content (AvgIpc) is 3.20. The van der Waals surface area contributed by atoms with Crippen molar-refractivity contribution in [2.24, 2.45) is 5.10 Å². The molecule has 0 amide bonds. The van der Waals surface area contributed by atoms with Gasteiger partial charge >= 0.3 is 0 Å². The Morgan fingerprint density at radius 2 is 2.18 bits per heavy atom. The summed E-state index contributed by atoms with van der Waals surface area (Å²) >= 11 is 1.24. The fourth-order valence-electron chi connectivity index (χ4n) is 2.37. The van der Waals surface area contributed by atoms with Crippen molar-refractivity contribution in [2.45, 2.75) is 6.92 Å². The fourth-order valence-corrected chi connectivity index (χ4v) is 3.14. The van der Waals surface area contributed by atoms with Crippen LogP contribution in [0.1, 0.15) is 11.9 Å². The molecule has 8 nitrogen and oxygen atoms in total. The normalized spacial score (nSPS) is 10.9. The number of nitrogens with one attached hydrogen (secondary N) is 1. The Balaban J connectivity index is 1.85. The number of nitrogens with zero attached hydrogens (tertiary/aromatic N) is 4. The molecule has 0 atom stereocenters. The molecule has 3 aromatic rings. The number of ether oxygens (including phenoxy) is 1. The zero-order valence-corrected chi connectivity index (χ0v) is 15.6. The average molecular weight is 393 g/mol. The van der Waals surface area contributed by atoms with Crippen molar-refractivity contribution in [3.63, 3.8) is 0 Å². The minimum Gasteiger partial charge on any atom is -0.492 e. The van der Waals surface area contributed by atoms with Gasteiger partial charge in [-0.2, -0.15) is 10.4 Å². The van der Waals surface area contributed by atoms with Gasteiger partial charge in [-0.25, -0.2) is 4.98 Å². The number of nitriles is 1. The highest BCUT2D eigenvalue weighted by molar-refractivity contribution is 7.12. The van der Waals surface area contributed by atoms with E-state index in [1.54, 1.807) is 29.6 Å². The number of hydrogen-bond donors (Lipinski definition) is 1. The standard InChI is InChI=1S/C19H15N5O3S/c1-2-27-18-9-4-3-8-15(18)22-23-16(11-20)19-21-17(12-28-19)13-6-5-7-14(10-13)24(25)26/h3-10,12,22H,2H2,1H3/b23-16-. The second-order valence-electron chi connectivity index (χ2n) is 5.46. The predicted molar refractivity (Wildman–Crippen MR) is 108 cm³/mol. The number of hydrogen-bond acceptors (Lipinski definition) is 8. The summed E-state index contributed by atoms with van der Waals surface area (Å²) in [5.41, 5.74) is 4.70. The van der Waals surface area contributed by atoms with E-state index in [-0.39, 0.29) is 11.4 Å². The first-order valence-corrected chi connectivity index (χ1v) is 9.16. The maximum Gasteiger partial charge on any atom is 0.270 e. The smallest absolute Gasteiger partial charge is 0.270 e. The zero-order chi connectivity index (χ0) is 19.9. The number of thiazole rings is 1. The molecule has 0 aliphatic heterocycles. The van der Waals surface area contributed by atoms with Crippen molar-refractivity contribution in [3.05, 3.63) is 69.0 Å². The third-order valence-electron chi connectivity index (χ3n) is 3.64. The highest BCUT2D eigenvalue weighted by atomic mass is 32.1. The highest BCUT2D eigenvalue weighted by Crippen LogP contribution is 2.26. The summed E-state index contributed by atoms with van der Waals surface area (Å²) < 4.78 is 5.52. The number of para-hydroxylation sites is 2. The van der Waals surface area contributed by atoms with E-state index in [0.717, 1.165) is 0 Å². The lowest BCUT2D eigenvalue weighted by Crippen LogP contribution is -2.03. The zero-order valence-electron chi connectivity index (χ0n) is 14.8. The third-order valence-corrected chi connectivity index (χ3v) is 4.49. The predicted octanol–water partition coefficient (Wildman–Crippen LogP) is 4.46. The highest BCUT2D eigenvalue weighted by Gasteiger charge is 2.13. The van der Waals surface area contributed by atoms with E-state index in [1.165, 1.54) is 23.5 Å². The molecule has 0 unspecified atom stereocenters. The van der Waals surface area contributed by atoms with Crippen molar-refractivity contribution in [1.82, 2.24) is 4.98 Å². The van der Waals surface area contributed by atoms with Crippen molar-refractivity contribution < 1.29 is 9.66 Å². The first-order valence-electron chi connectivity index (χ1n) is 8.28. The Labute approximate surface area is 164 Å². The molecule has 9 heteroatoms. The van der Waals surface area contributed by atoms with Crippen LogP contribution in [0.15, 0.2) is 59.0 Å². The molecule has 2 aromatic carbocycles. The van der Waals surface area contributed by atoms with Crippen LogP contribution in [0.2, 0.25) is 0 Å². The molecule has 1 N–H and O–H groups in total. The number of benzene rings is 2. The molecule has 1 aromatic heterocycles. The van der Waals surface area contributed by atoms with Gasteiger partial charge in [0, 0.05) is 23.1 Å². The SMILES string of the molecule is CCOc1ccccc1N/N=C(/C#N)c1nc(-c2cccc([N+](=O)[O-])c2)cs1. The van der Waals surface area contributed by atoms with Crippen LogP contribution in [0.25, 0.3) is 11.3 Å². The van der Waals surface area contributed by atoms with Crippen molar-refractivity contribution in [2.75, 3.05) is 12.0 Å². The maximum absolute atomic E-state index is 10.9. The van der Waals surface area contributed by atoms with Crippen LogP contribution < -0.4 is 10.2 Å². The van der Waals surface area contributed by atoms with E-state index < -0.39 is 4.92 Å². The van der Waals surface area contributed by atoms with Gasteiger partial charge in [0.05, 0.1) is 22.9 Å². The Morgan fingerprint density at radius 3 is 2.93 bits per heavy atom. The van der Waals surface area contributed by atoms with Gasteiger partial charge in [0.25, 0.3) is 5.69 Å². The molecule has 0 saturated carbocycles. The molecule has 28 heavy (non-hydrogen) atoms. The lowest BCUT2D eigenvalue weighted by Gasteiger charge is -2.08. The summed E-state index contributed by atoms with van der Waals surface area (Å²) in [6.45, 7) is 2.39. The van der Waals surface area contributed by atoms with Gasteiger partial charge in [-0.3, -0.25) is 15.5 Å². The number of aromatic nitrogens is 1. The van der Waals surface area contributed by atoms with Gasteiger partial charge in [-0.1, -0.05) is 24.3 Å². The van der Waals surface area contributed by atoms with Crippen molar-refractivity contribution >= 4 is 28.4 Å². The second-order valence-corrected chi connectivity index (χ2v) is 6.32. The molecule has 1 heterocycles. The molecule has 3 rings (SSSR count). The maximum atomic E-state index is 10.9. The number of non-ortho nitro benzene ring substituents is 1. The van der Waals surface area contributed by atoms with Crippen LogP contribution in [-0.4, -0.2) is 22.2 Å². The van der Waals surface area contributed by atoms with E-state index in [9.17, 15) is 15.4 Å². The van der Waals surface area contributed by atoms with Crippen molar-refractivity contribution in [1.29, 1.82) is 5.26 Å². The van der Waals surface area contributed by atoms with Crippen LogP contribution in [0.5, 0.6) is 5.75 Å². The van der Waals surface area contributed by atoms with E-state index >= 15 is 0 Å². The molecular weight excluding hydrogens is 378 g/mol. The van der Waals surface area contributed by atoms with Gasteiger partial charge in [0.1, 0.15) is 11.8 Å². The van der Waals surface area contributed by atoms with Crippen LogP contribution in [0.4, 0.5) is 11.4 Å². The molecule has 0 radical (unpaired) electrons. The molecule has 0 bridgehead atoms. The van der Waals surface area contributed by atoms with E-state index in [0.29, 0.717) is 34.3 Å². The number of anilines is 1. The van der Waals surface area contributed by atoms with Gasteiger partial charge < -0.3 is 4.74 Å². The van der Waals surface area contributed by atoms with Crippen LogP contribution in [-0.2, 0) is 0 Å². The minimum atomic E-state index is -0.460. The van der Waals surface area contributed by atoms with Gasteiger partial charge in [0.2, 0.25) is 0 Å². The quantitative estimate of drug-likeness (QED) is 0.360. The summed E-state index contributed by atoms with van der Waals surface area (Å²) in [6.07, 6.45) is 0. The lowest BCUT2D eigenvalue weighted by molar-refractivity contribution is -0.384. The van der Waals surface area contributed by atoms with Crippen LogP contribution >= 0.6 is 11.3 Å². The van der Waals surface area contributed by atoms with Crippen LogP contribution in [0, 0.1) is 21.4 Å². The Kier molecular flexibility index (Phi) is 5.94. The summed E-state index contributed by atoms with van der Waals surface area (Å²) in [4.78, 5) is 14.9. The first kappa shape index (κ1) is 19.0. The topological polar surface area (TPSA) is 113 Å². The third kappa shape index (κ3) is 4.31. The van der Waals surface area contributed by atoms with Gasteiger partial charge in [-0.05, 0) is 19.1 Å². The molecule has 140 valence electrons. The Bertz CT molecular complexity index is 1070. The summed E-state index contributed by atoms with van der Waals surface area (Å²) in [5.74, 6) is 0.627. The van der Waals surface area contributed by atoms with Gasteiger partial charge in [0.15, 0.2) is 10.7 Å². The lowest BCUT2D eigenvalue weighted by atomic mass is 10.1. The monoisotopic (exact) mass is 393 g/mol. The summed E-state index contributed by atoms with van der Waals surface area (Å²) in [6, 6.07) is 15.5. The van der Waals surface area contributed by atoms with Gasteiger partial charge in [-0.15, -0.1) is 11.3 Å². The van der Waals surface area contributed by atoms with Crippen LogP contribution in [0.3, 0.4) is 0 Å². The minimum absolute atomic E-state index is 0.0181. The number of rotatable bonds is 7. The fraction of sp³-hybridized carbons (Fsp3) is 0.105. The first-order chi connectivity index (χ1) is 13.6.